The van der Waals surface area contributed by atoms with Gasteiger partial charge in [-0.3, -0.25) is 9.69 Å². The molecule has 0 aromatic heterocycles. The molecule has 0 aromatic carbocycles. The average Bonchev–Trinajstić information content (AvgIpc) is 3.10. The van der Waals surface area contributed by atoms with Gasteiger partial charge in [0.05, 0.1) is 0 Å². The number of carboxylic acids is 1. The van der Waals surface area contributed by atoms with Crippen molar-refractivity contribution in [3.8, 4) is 0 Å². The molecule has 1 saturated carbocycles. The van der Waals surface area contributed by atoms with E-state index in [1.54, 1.807) is 27.7 Å². The Hall–Kier alpha value is -1.79. The predicted molar refractivity (Wildman–Crippen MR) is 101 cm³/mol. The van der Waals surface area contributed by atoms with E-state index in [9.17, 15) is 19.5 Å². The first-order valence-electron chi connectivity index (χ1n) is 10.6. The number of hydrogen-bond acceptors (Lipinski definition) is 4. The number of carbonyl (C=O) groups excluding carboxylic acids is 2. The molecule has 1 N–H and O–H groups in total. The largest absolute Gasteiger partial charge is 0.480 e. The Kier molecular flexibility index (Phi) is 5.96. The van der Waals surface area contributed by atoms with Crippen LogP contribution < -0.4 is 0 Å². The maximum absolute atomic E-state index is 13.7. The third-order valence-corrected chi connectivity index (χ3v) is 5.81. The minimum absolute atomic E-state index is 0.123. The second-order valence-corrected chi connectivity index (χ2v) is 8.89. The smallest absolute Gasteiger partial charge is 0.410 e. The van der Waals surface area contributed by atoms with Crippen molar-refractivity contribution in [1.29, 1.82) is 0 Å². The average molecular weight is 384 g/mol. The van der Waals surface area contributed by atoms with Gasteiger partial charge in [0.25, 0.3) is 0 Å². The normalized spacial score (nSPS) is 24.1. The monoisotopic (exact) mass is 383 g/mol. The van der Waals surface area contributed by atoms with E-state index < -0.39 is 36.3 Å². The minimum Gasteiger partial charge on any atom is -0.480 e. The zero-order valence-corrected chi connectivity index (χ0v) is 17.0. The summed E-state index contributed by atoms with van der Waals surface area (Å²) in [6, 6.07) is -0.873. The number of carboxylic acid groups (broad SMARTS) is 1. The molecule has 0 aromatic rings. The molecule has 1 aliphatic heterocycles. The van der Waals surface area contributed by atoms with E-state index in [0.29, 0.717) is 19.4 Å². The van der Waals surface area contributed by atoms with E-state index in [4.69, 9.17) is 6.11 Å². The molecule has 1 aliphatic carbocycles. The second-order valence-electron chi connectivity index (χ2n) is 8.89. The molecule has 0 bridgehead atoms. The van der Waals surface area contributed by atoms with Crippen LogP contribution >= 0.6 is 0 Å². The molecule has 2 amide bonds. The van der Waals surface area contributed by atoms with Gasteiger partial charge in [-0.15, -0.1) is 0 Å². The number of hydrogen-bond donors (Lipinski definition) is 1. The SMILES string of the molecule is [2H]CN(C(=O)OC(C)(C)C)[C@@](C)(C(=O)N1CCC[C@H]1C(=O)O)C1CCCCC1. The van der Waals surface area contributed by atoms with Crippen LogP contribution in [0.4, 0.5) is 4.79 Å². The highest BCUT2D eigenvalue weighted by Crippen LogP contribution is 2.39. The predicted octanol–water partition coefficient (Wildman–Crippen LogP) is 3.27. The van der Waals surface area contributed by atoms with Crippen LogP contribution in [-0.4, -0.2) is 63.6 Å². The summed E-state index contributed by atoms with van der Waals surface area (Å²) in [6.45, 7) is 7.29. The summed E-state index contributed by atoms with van der Waals surface area (Å²) in [5, 5.41) is 9.53. The molecule has 2 fully saturated rings. The summed E-state index contributed by atoms with van der Waals surface area (Å²) in [5.41, 5.74) is -2.04. The summed E-state index contributed by atoms with van der Waals surface area (Å²) in [6.07, 6.45) is 4.86. The molecule has 154 valence electrons. The van der Waals surface area contributed by atoms with Crippen molar-refractivity contribution in [2.45, 2.75) is 89.8 Å². The van der Waals surface area contributed by atoms with Gasteiger partial charge in [-0.25, -0.2) is 9.59 Å². The van der Waals surface area contributed by atoms with Crippen molar-refractivity contribution >= 4 is 18.0 Å². The Bertz CT molecular complexity index is 600. The Balaban J connectivity index is 2.42. The van der Waals surface area contributed by atoms with Crippen molar-refractivity contribution in [3.05, 3.63) is 0 Å². The van der Waals surface area contributed by atoms with E-state index in [1.165, 1.54) is 9.80 Å². The maximum atomic E-state index is 13.7. The molecular formula is C20H34N2O5. The fourth-order valence-corrected chi connectivity index (χ4v) is 4.24. The summed E-state index contributed by atoms with van der Waals surface area (Å²) >= 11 is 0. The Morgan fingerprint density at radius 1 is 1.07 bits per heavy atom. The van der Waals surface area contributed by atoms with E-state index >= 15 is 0 Å². The quantitative estimate of drug-likeness (QED) is 0.805. The second kappa shape index (κ2) is 8.07. The maximum Gasteiger partial charge on any atom is 0.410 e. The van der Waals surface area contributed by atoms with Crippen molar-refractivity contribution in [3.63, 3.8) is 0 Å². The van der Waals surface area contributed by atoms with E-state index in [2.05, 4.69) is 0 Å². The lowest BCUT2D eigenvalue weighted by atomic mass is 9.74. The third-order valence-electron chi connectivity index (χ3n) is 5.81. The molecule has 2 aliphatic rings. The van der Waals surface area contributed by atoms with Gasteiger partial charge in [-0.2, -0.15) is 0 Å². The molecule has 0 spiro atoms. The molecule has 2 rings (SSSR count). The standard InChI is InChI=1S/C20H34N2O5/c1-19(2,3)27-18(26)21(5)20(4,14-10-7-6-8-11-14)17(25)22-13-9-12-15(22)16(23)24/h14-15H,6-13H2,1-5H3,(H,23,24)/t15-,20+/m0/s1/i5D. The van der Waals surface area contributed by atoms with Crippen molar-refractivity contribution < 1.29 is 25.6 Å². The number of likely N-dealkylation sites (N-methyl/N-ethyl adjacent to an activating group) is 1. The van der Waals surface area contributed by atoms with Crippen LogP contribution in [0.25, 0.3) is 0 Å². The Morgan fingerprint density at radius 2 is 1.70 bits per heavy atom. The topological polar surface area (TPSA) is 87.2 Å². The van der Waals surface area contributed by atoms with E-state index in [0.717, 1.165) is 32.1 Å². The van der Waals surface area contributed by atoms with E-state index in [-0.39, 0.29) is 11.8 Å². The van der Waals surface area contributed by atoms with Crippen LogP contribution in [0.5, 0.6) is 0 Å². The molecular weight excluding hydrogens is 348 g/mol. The van der Waals surface area contributed by atoms with Crippen molar-refractivity contribution in [2.24, 2.45) is 5.92 Å². The van der Waals surface area contributed by atoms with Crippen molar-refractivity contribution in [2.75, 3.05) is 13.6 Å². The van der Waals surface area contributed by atoms with Gasteiger partial charge in [0, 0.05) is 14.9 Å². The lowest BCUT2D eigenvalue weighted by Gasteiger charge is -2.47. The van der Waals surface area contributed by atoms with E-state index in [1.807, 2.05) is 0 Å². The zero-order valence-electron chi connectivity index (χ0n) is 18.0. The van der Waals surface area contributed by atoms with Gasteiger partial charge in [0.1, 0.15) is 17.2 Å². The summed E-state index contributed by atoms with van der Waals surface area (Å²) in [4.78, 5) is 40.8. The van der Waals surface area contributed by atoms with Crippen LogP contribution in [-0.2, 0) is 14.3 Å². The lowest BCUT2D eigenvalue weighted by Crippen LogP contribution is -2.64. The number of amides is 2. The first-order valence-corrected chi connectivity index (χ1v) is 9.86. The fourth-order valence-electron chi connectivity index (χ4n) is 4.24. The van der Waals surface area contributed by atoms with Crippen LogP contribution in [0, 0.1) is 5.92 Å². The third kappa shape index (κ3) is 4.55. The highest BCUT2D eigenvalue weighted by atomic mass is 16.6. The van der Waals surface area contributed by atoms with Gasteiger partial charge in [0.15, 0.2) is 0 Å². The number of ether oxygens (including phenoxy) is 1. The van der Waals surface area contributed by atoms with Crippen LogP contribution in [0.15, 0.2) is 0 Å². The lowest BCUT2D eigenvalue weighted by molar-refractivity contribution is -0.156. The van der Waals surface area contributed by atoms with Gasteiger partial charge < -0.3 is 14.7 Å². The number of carbonyl (C=O) groups is 3. The van der Waals surface area contributed by atoms with Gasteiger partial charge in [-0.1, -0.05) is 19.3 Å². The molecule has 0 unspecified atom stereocenters. The number of rotatable bonds is 4. The minimum atomic E-state index is -1.29. The molecule has 2 atom stereocenters. The molecule has 1 heterocycles. The molecule has 0 radical (unpaired) electrons. The molecule has 7 nitrogen and oxygen atoms in total. The summed E-state index contributed by atoms with van der Waals surface area (Å²) in [5.74, 6) is -1.52. The molecule has 1 saturated heterocycles. The van der Waals surface area contributed by atoms with Crippen LogP contribution in [0.1, 0.15) is 74.0 Å². The summed E-state index contributed by atoms with van der Waals surface area (Å²) in [7, 11) is -0.417. The number of aliphatic carboxylic acids is 1. The van der Waals surface area contributed by atoms with Gasteiger partial charge in [0.2, 0.25) is 5.91 Å². The number of likely N-dealkylation sites (tertiary alicyclic amines) is 1. The van der Waals surface area contributed by atoms with Gasteiger partial charge >= 0.3 is 12.1 Å². The molecule has 27 heavy (non-hydrogen) atoms. The highest BCUT2D eigenvalue weighted by Gasteiger charge is 2.52. The first-order chi connectivity index (χ1) is 13.0. The fraction of sp³-hybridized carbons (Fsp3) is 0.850. The number of nitrogens with zero attached hydrogens (tertiary/aromatic N) is 2. The highest BCUT2D eigenvalue weighted by molar-refractivity contribution is 5.93. The van der Waals surface area contributed by atoms with Crippen LogP contribution in [0.3, 0.4) is 0 Å². The first kappa shape index (κ1) is 20.0. The Labute approximate surface area is 163 Å². The summed E-state index contributed by atoms with van der Waals surface area (Å²) < 4.78 is 13.5. The molecule has 7 heteroatoms. The van der Waals surface area contributed by atoms with Crippen LogP contribution in [0.2, 0.25) is 0 Å². The zero-order chi connectivity index (χ0) is 21.1. The van der Waals surface area contributed by atoms with Gasteiger partial charge in [-0.05, 0) is 59.3 Å². The van der Waals surface area contributed by atoms with Crippen molar-refractivity contribution in [1.82, 2.24) is 9.80 Å². The Morgan fingerprint density at radius 3 is 2.22 bits per heavy atom.